The summed E-state index contributed by atoms with van der Waals surface area (Å²) >= 11 is 0. The molecule has 182 valence electrons. The van der Waals surface area contributed by atoms with E-state index in [1.807, 2.05) is 30.3 Å². The van der Waals surface area contributed by atoms with E-state index in [9.17, 15) is 19.2 Å². The summed E-state index contributed by atoms with van der Waals surface area (Å²) in [5, 5.41) is 0. The zero-order valence-corrected chi connectivity index (χ0v) is 20.4. The van der Waals surface area contributed by atoms with Crippen molar-refractivity contribution in [1.82, 2.24) is 5.48 Å². The Labute approximate surface area is 206 Å². The van der Waals surface area contributed by atoms with Crippen molar-refractivity contribution in [3.8, 4) is 0 Å². The number of carbonyl (C=O) groups excluding carboxylic acids is 4. The molecule has 3 rings (SSSR count). The summed E-state index contributed by atoms with van der Waals surface area (Å²) < 4.78 is 0. The van der Waals surface area contributed by atoms with Crippen LogP contribution in [0.2, 0.25) is 0 Å². The predicted molar refractivity (Wildman–Crippen MR) is 133 cm³/mol. The number of rotatable bonds is 9. The summed E-state index contributed by atoms with van der Waals surface area (Å²) in [5.41, 5.74) is 5.69. The smallest absolute Gasteiger partial charge is 0.335 e. The third-order valence-electron chi connectivity index (χ3n) is 6.45. The van der Waals surface area contributed by atoms with Crippen molar-refractivity contribution in [2.75, 3.05) is 0 Å². The van der Waals surface area contributed by atoms with Gasteiger partial charge >= 0.3 is 5.97 Å². The zero-order chi connectivity index (χ0) is 25.4. The molecule has 1 unspecified atom stereocenters. The summed E-state index contributed by atoms with van der Waals surface area (Å²) in [6, 6.07) is 18.2. The molecule has 0 bridgehead atoms. The summed E-state index contributed by atoms with van der Waals surface area (Å²) in [6.07, 6.45) is 3.05. The molecule has 1 N–H and O–H groups in total. The van der Waals surface area contributed by atoms with E-state index in [-0.39, 0.29) is 29.8 Å². The summed E-state index contributed by atoms with van der Waals surface area (Å²) in [7, 11) is 0. The Hall–Kier alpha value is -3.80. The van der Waals surface area contributed by atoms with E-state index < -0.39 is 5.97 Å². The maximum absolute atomic E-state index is 13.2. The number of hydroxylamine groups is 1. The minimum Gasteiger partial charge on any atom is -0.335 e. The fourth-order valence-corrected chi connectivity index (χ4v) is 4.30. The normalized spacial score (nSPS) is 14.7. The monoisotopic (exact) mass is 473 g/mol. The van der Waals surface area contributed by atoms with Crippen LogP contribution in [0, 0.1) is 0 Å². The maximum atomic E-state index is 13.2. The molecule has 6 heteroatoms. The molecule has 35 heavy (non-hydrogen) atoms. The number of carbonyl (C=O) groups is 4. The van der Waals surface area contributed by atoms with E-state index in [1.54, 1.807) is 51.1 Å². The van der Waals surface area contributed by atoms with Crippen LogP contribution in [0.3, 0.4) is 0 Å². The van der Waals surface area contributed by atoms with Crippen LogP contribution in [0.15, 0.2) is 83.0 Å². The lowest BCUT2D eigenvalue weighted by Gasteiger charge is -2.26. The lowest BCUT2D eigenvalue weighted by molar-refractivity contribution is -0.130. The molecule has 2 aromatic rings. The highest BCUT2D eigenvalue weighted by molar-refractivity contribution is 6.25. The average Bonchev–Trinajstić information content (AvgIpc) is 2.89. The van der Waals surface area contributed by atoms with Gasteiger partial charge in [-0.05, 0) is 51.3 Å². The van der Waals surface area contributed by atoms with E-state index in [1.165, 1.54) is 0 Å². The third-order valence-corrected chi connectivity index (χ3v) is 6.45. The lowest BCUT2D eigenvalue weighted by Crippen LogP contribution is -2.26. The van der Waals surface area contributed by atoms with E-state index in [2.05, 4.69) is 5.48 Å². The Morgan fingerprint density at radius 2 is 1.37 bits per heavy atom. The molecule has 2 aromatic carbocycles. The standard InChI is InChI=1S/C29H31NO5/c1-19-20(2)28(33)26(21(3)27(19)32)24(22-13-7-4-8-14-22)17-11-6-12-18-25(31)30-35-29(34)23-15-9-5-10-16-23/h4-5,7-10,13-16,24H,6,11-12,17-18H2,1-3H3,(H,30,31). The largest absolute Gasteiger partial charge is 0.362 e. The molecular weight excluding hydrogens is 442 g/mol. The Balaban J connectivity index is 1.55. The van der Waals surface area contributed by atoms with Gasteiger partial charge in [0, 0.05) is 34.6 Å². The van der Waals surface area contributed by atoms with Crippen LogP contribution in [0.25, 0.3) is 0 Å². The molecule has 6 nitrogen and oxygen atoms in total. The number of benzene rings is 2. The quantitative estimate of drug-likeness (QED) is 0.299. The maximum Gasteiger partial charge on any atom is 0.362 e. The van der Waals surface area contributed by atoms with Crippen LogP contribution in [0.4, 0.5) is 0 Å². The van der Waals surface area contributed by atoms with Crippen LogP contribution < -0.4 is 5.48 Å². The van der Waals surface area contributed by atoms with E-state index >= 15 is 0 Å². The first-order chi connectivity index (χ1) is 16.8. The van der Waals surface area contributed by atoms with Gasteiger partial charge in [-0.2, -0.15) is 5.48 Å². The first kappa shape index (κ1) is 25.8. The molecule has 0 aliphatic heterocycles. The second kappa shape index (κ2) is 12.1. The Morgan fingerprint density at radius 3 is 2.03 bits per heavy atom. The molecular formula is C29H31NO5. The molecule has 0 aromatic heterocycles. The minimum absolute atomic E-state index is 0.0620. The Kier molecular flexibility index (Phi) is 8.90. The van der Waals surface area contributed by atoms with Gasteiger partial charge in [0.1, 0.15) is 0 Å². The molecule has 1 aliphatic rings. The van der Waals surface area contributed by atoms with Gasteiger partial charge in [0.2, 0.25) is 0 Å². The van der Waals surface area contributed by atoms with Gasteiger partial charge in [-0.1, -0.05) is 61.4 Å². The lowest BCUT2D eigenvalue weighted by atomic mass is 9.76. The average molecular weight is 474 g/mol. The molecule has 0 saturated heterocycles. The van der Waals surface area contributed by atoms with Crippen molar-refractivity contribution in [1.29, 1.82) is 0 Å². The van der Waals surface area contributed by atoms with Crippen LogP contribution in [-0.2, 0) is 19.2 Å². The molecule has 1 aliphatic carbocycles. The van der Waals surface area contributed by atoms with Crippen molar-refractivity contribution in [3.63, 3.8) is 0 Å². The minimum atomic E-state index is -0.612. The number of Topliss-reactive ketones (excluding diaryl/α,β-unsaturated/α-hetero) is 2. The number of hydrogen-bond donors (Lipinski definition) is 1. The number of amides is 1. The van der Waals surface area contributed by atoms with Gasteiger partial charge in [-0.3, -0.25) is 14.4 Å². The fourth-order valence-electron chi connectivity index (χ4n) is 4.30. The van der Waals surface area contributed by atoms with Gasteiger partial charge in [-0.15, -0.1) is 0 Å². The molecule has 1 atom stereocenters. The molecule has 0 heterocycles. The second-order valence-corrected chi connectivity index (χ2v) is 8.79. The van der Waals surface area contributed by atoms with Crippen molar-refractivity contribution < 1.29 is 24.0 Å². The topological polar surface area (TPSA) is 89.5 Å². The van der Waals surface area contributed by atoms with Crippen molar-refractivity contribution in [2.24, 2.45) is 0 Å². The fraction of sp³-hybridized carbons (Fsp3) is 0.310. The first-order valence-corrected chi connectivity index (χ1v) is 11.9. The highest BCUT2D eigenvalue weighted by atomic mass is 16.7. The van der Waals surface area contributed by atoms with E-state index in [0.717, 1.165) is 18.4 Å². The number of ketones is 2. The second-order valence-electron chi connectivity index (χ2n) is 8.79. The zero-order valence-electron chi connectivity index (χ0n) is 20.4. The van der Waals surface area contributed by atoms with Gasteiger partial charge in [-0.25, -0.2) is 4.79 Å². The van der Waals surface area contributed by atoms with Gasteiger partial charge in [0.05, 0.1) is 5.56 Å². The molecule has 0 spiro atoms. The number of hydrogen-bond acceptors (Lipinski definition) is 5. The van der Waals surface area contributed by atoms with Gasteiger partial charge in [0.15, 0.2) is 11.6 Å². The van der Waals surface area contributed by atoms with Crippen molar-refractivity contribution >= 4 is 23.4 Å². The first-order valence-electron chi connectivity index (χ1n) is 11.9. The summed E-state index contributed by atoms with van der Waals surface area (Å²) in [5.74, 6) is -1.29. The Morgan fingerprint density at radius 1 is 0.771 bits per heavy atom. The van der Waals surface area contributed by atoms with Gasteiger partial charge in [0.25, 0.3) is 5.91 Å². The van der Waals surface area contributed by atoms with Crippen molar-refractivity contribution in [2.45, 2.75) is 58.8 Å². The molecule has 0 radical (unpaired) electrons. The molecule has 1 amide bonds. The third kappa shape index (κ3) is 6.41. The van der Waals surface area contributed by atoms with Crippen LogP contribution in [0.5, 0.6) is 0 Å². The van der Waals surface area contributed by atoms with Crippen molar-refractivity contribution in [3.05, 3.63) is 94.1 Å². The van der Waals surface area contributed by atoms with Crippen LogP contribution in [0.1, 0.15) is 74.7 Å². The summed E-state index contributed by atoms with van der Waals surface area (Å²) in [4.78, 5) is 54.7. The van der Waals surface area contributed by atoms with Gasteiger partial charge < -0.3 is 4.84 Å². The van der Waals surface area contributed by atoms with E-state index in [0.29, 0.717) is 40.7 Å². The highest BCUT2D eigenvalue weighted by Crippen LogP contribution is 2.37. The SMILES string of the molecule is CC1=C(C)C(=O)C(C(CCCCCC(=O)NOC(=O)c2ccccc2)c2ccccc2)=C(C)C1=O. The molecule has 0 fully saturated rings. The number of nitrogens with one attached hydrogen (secondary N) is 1. The highest BCUT2D eigenvalue weighted by Gasteiger charge is 2.33. The predicted octanol–water partition coefficient (Wildman–Crippen LogP) is 5.41. The van der Waals surface area contributed by atoms with E-state index in [4.69, 9.17) is 4.84 Å². The number of allylic oxidation sites excluding steroid dienone is 4. The van der Waals surface area contributed by atoms with Crippen LogP contribution in [-0.4, -0.2) is 23.4 Å². The summed E-state index contributed by atoms with van der Waals surface area (Å²) in [6.45, 7) is 5.16. The van der Waals surface area contributed by atoms with Crippen LogP contribution >= 0.6 is 0 Å². The Bertz CT molecular complexity index is 1160. The molecule has 0 saturated carbocycles. The number of unbranched alkanes of at least 4 members (excludes halogenated alkanes) is 2.